The van der Waals surface area contributed by atoms with Crippen LogP contribution in [0.4, 0.5) is 0 Å². The van der Waals surface area contributed by atoms with Crippen molar-refractivity contribution in [2.45, 2.75) is 110 Å². The molecule has 0 saturated carbocycles. The molecule has 0 unspecified atom stereocenters. The van der Waals surface area contributed by atoms with Gasteiger partial charge in [-0.05, 0) is 13.0 Å². The van der Waals surface area contributed by atoms with E-state index >= 15 is 0 Å². The molecule has 0 atom stereocenters. The maximum Gasteiger partial charge on any atom is 0.0455 e. The fraction of sp³-hybridized carbons (Fsp3) is 1.00. The van der Waals surface area contributed by atoms with Gasteiger partial charge in [0.25, 0.3) is 0 Å². The maximum absolute atomic E-state index is 5.48. The number of rotatable bonds is 16. The van der Waals surface area contributed by atoms with Crippen molar-refractivity contribution in [3.05, 3.63) is 0 Å². The van der Waals surface area contributed by atoms with Crippen LogP contribution in [-0.2, 0) is 0 Å². The quantitative estimate of drug-likeness (QED) is 0.332. The fourth-order valence-corrected chi connectivity index (χ4v) is 3.13. The first kappa shape index (κ1) is 23.9. The van der Waals surface area contributed by atoms with Crippen molar-refractivity contribution >= 4 is 0 Å². The van der Waals surface area contributed by atoms with Crippen LogP contribution < -0.4 is 16.4 Å². The van der Waals surface area contributed by atoms with Gasteiger partial charge >= 0.3 is 0 Å². The van der Waals surface area contributed by atoms with E-state index in [1.165, 1.54) is 103 Å². The minimum absolute atomic E-state index is 0.873. The summed E-state index contributed by atoms with van der Waals surface area (Å²) >= 11 is 0. The van der Waals surface area contributed by atoms with Gasteiger partial charge in [-0.3, -0.25) is 0 Å². The largest absolute Gasteiger partial charge is 0.330 e. The van der Waals surface area contributed by atoms with Gasteiger partial charge in [-0.15, -0.1) is 0 Å². The van der Waals surface area contributed by atoms with Crippen LogP contribution in [0.3, 0.4) is 0 Å². The van der Waals surface area contributed by atoms with Gasteiger partial charge in [-0.1, -0.05) is 103 Å². The highest BCUT2D eigenvalue weighted by atomic mass is 15.1. The second kappa shape index (κ2) is 22.9. The number of nitrogens with two attached hydrogens (primary N) is 1. The lowest BCUT2D eigenvalue weighted by Gasteiger charge is -2.03. The molecule has 0 amide bonds. The van der Waals surface area contributed by atoms with Gasteiger partial charge in [0.15, 0.2) is 0 Å². The first-order valence-electron chi connectivity index (χ1n) is 11.0. The van der Waals surface area contributed by atoms with E-state index in [1.807, 2.05) is 0 Å². The van der Waals surface area contributed by atoms with Crippen molar-refractivity contribution in [1.82, 2.24) is 10.6 Å². The van der Waals surface area contributed by atoms with Gasteiger partial charge in [0.05, 0.1) is 0 Å². The normalized spacial score (nSPS) is 13.8. The molecule has 1 aliphatic rings. The highest BCUT2D eigenvalue weighted by molar-refractivity contribution is 4.55. The summed E-state index contributed by atoms with van der Waals surface area (Å²) in [6.07, 6.45) is 22.9. The zero-order valence-corrected chi connectivity index (χ0v) is 16.7. The van der Waals surface area contributed by atoms with Crippen LogP contribution in [0.15, 0.2) is 0 Å². The Kier molecular flexibility index (Phi) is 22.8. The molecule has 1 rings (SSSR count). The van der Waals surface area contributed by atoms with Gasteiger partial charge in [-0.25, -0.2) is 0 Å². The molecule has 3 heteroatoms. The summed E-state index contributed by atoms with van der Waals surface area (Å²) in [5.41, 5.74) is 5.48. The summed E-state index contributed by atoms with van der Waals surface area (Å²) in [5, 5.41) is 6.22. The average Bonchev–Trinajstić information content (AvgIpc) is 3.18. The average molecular weight is 342 g/mol. The number of hydrogen-bond donors (Lipinski definition) is 3. The standard InChI is InChI=1S/C18H39N.C3H8N2/c1-2-3-4-5-6-7-8-9-10-11-12-13-14-15-16-17-18-19;1-2-5-3-4-1/h2-19H2,1H3;4-5H,1-3H2. The van der Waals surface area contributed by atoms with Gasteiger partial charge in [0.1, 0.15) is 0 Å². The van der Waals surface area contributed by atoms with E-state index in [9.17, 15) is 0 Å². The molecule has 4 N–H and O–H groups in total. The van der Waals surface area contributed by atoms with E-state index in [1.54, 1.807) is 0 Å². The van der Waals surface area contributed by atoms with Crippen molar-refractivity contribution in [2.24, 2.45) is 5.73 Å². The summed E-state index contributed by atoms with van der Waals surface area (Å²) in [6.45, 7) is 6.44. The molecule has 1 aliphatic heterocycles. The molecule has 146 valence electrons. The van der Waals surface area contributed by atoms with Crippen molar-refractivity contribution in [3.8, 4) is 0 Å². The maximum atomic E-state index is 5.48. The molecule has 0 aromatic carbocycles. The van der Waals surface area contributed by atoms with Gasteiger partial charge in [-0.2, -0.15) is 0 Å². The third-order valence-corrected chi connectivity index (χ3v) is 4.79. The number of nitrogens with one attached hydrogen (secondary N) is 2. The zero-order valence-electron chi connectivity index (χ0n) is 16.7. The fourth-order valence-electron chi connectivity index (χ4n) is 3.13. The second-order valence-electron chi connectivity index (χ2n) is 7.27. The molecule has 1 saturated heterocycles. The van der Waals surface area contributed by atoms with Crippen LogP contribution in [0, 0.1) is 0 Å². The highest BCUT2D eigenvalue weighted by Crippen LogP contribution is 2.13. The molecular formula is C21H47N3. The monoisotopic (exact) mass is 341 g/mol. The van der Waals surface area contributed by atoms with Crippen LogP contribution in [0.5, 0.6) is 0 Å². The van der Waals surface area contributed by atoms with E-state index in [4.69, 9.17) is 5.73 Å². The Morgan fingerprint density at radius 1 is 0.542 bits per heavy atom. The Morgan fingerprint density at radius 2 is 0.875 bits per heavy atom. The van der Waals surface area contributed by atoms with Gasteiger partial charge in [0, 0.05) is 19.8 Å². The summed E-state index contributed by atoms with van der Waals surface area (Å²) in [5.74, 6) is 0. The molecule has 1 heterocycles. The van der Waals surface area contributed by atoms with E-state index in [0.29, 0.717) is 0 Å². The molecule has 1 fully saturated rings. The topological polar surface area (TPSA) is 50.1 Å². The first-order valence-corrected chi connectivity index (χ1v) is 11.0. The van der Waals surface area contributed by atoms with Gasteiger partial charge < -0.3 is 16.4 Å². The van der Waals surface area contributed by atoms with Crippen molar-refractivity contribution in [3.63, 3.8) is 0 Å². The lowest BCUT2D eigenvalue weighted by Crippen LogP contribution is -2.11. The lowest BCUT2D eigenvalue weighted by molar-refractivity contribution is 0.530. The predicted molar refractivity (Wildman–Crippen MR) is 109 cm³/mol. The number of hydrogen-bond acceptors (Lipinski definition) is 3. The third kappa shape index (κ3) is 21.9. The Balaban J connectivity index is 0.000000889. The minimum atomic E-state index is 0.873. The van der Waals surface area contributed by atoms with E-state index in [0.717, 1.165) is 26.3 Å². The Morgan fingerprint density at radius 3 is 1.12 bits per heavy atom. The Hall–Kier alpha value is -0.120. The Labute approximate surface area is 152 Å². The predicted octanol–water partition coefficient (Wildman–Crippen LogP) is 5.34. The van der Waals surface area contributed by atoms with Crippen LogP contribution in [-0.4, -0.2) is 26.3 Å². The SMILES string of the molecule is C1CNCN1.CCCCCCCCCCCCCCCCCCN. The summed E-state index contributed by atoms with van der Waals surface area (Å²) < 4.78 is 0. The second-order valence-corrected chi connectivity index (χ2v) is 7.27. The van der Waals surface area contributed by atoms with E-state index in [-0.39, 0.29) is 0 Å². The van der Waals surface area contributed by atoms with E-state index < -0.39 is 0 Å². The van der Waals surface area contributed by atoms with Crippen molar-refractivity contribution in [1.29, 1.82) is 0 Å². The molecular weight excluding hydrogens is 294 g/mol. The minimum Gasteiger partial charge on any atom is -0.330 e. The first-order chi connectivity index (χ1) is 11.9. The third-order valence-electron chi connectivity index (χ3n) is 4.79. The molecule has 0 bridgehead atoms. The molecule has 0 aromatic heterocycles. The molecule has 3 nitrogen and oxygen atoms in total. The van der Waals surface area contributed by atoms with Gasteiger partial charge in [0.2, 0.25) is 0 Å². The molecule has 0 aliphatic carbocycles. The molecule has 0 spiro atoms. The molecule has 24 heavy (non-hydrogen) atoms. The van der Waals surface area contributed by atoms with Crippen molar-refractivity contribution in [2.75, 3.05) is 26.3 Å². The zero-order chi connectivity index (χ0) is 17.6. The van der Waals surface area contributed by atoms with Crippen LogP contribution in [0.1, 0.15) is 110 Å². The molecule has 0 aromatic rings. The lowest BCUT2D eigenvalue weighted by atomic mass is 10.0. The van der Waals surface area contributed by atoms with Crippen LogP contribution in [0.2, 0.25) is 0 Å². The Bertz CT molecular complexity index is 182. The summed E-state index contributed by atoms with van der Waals surface area (Å²) in [4.78, 5) is 0. The summed E-state index contributed by atoms with van der Waals surface area (Å²) in [6, 6.07) is 0. The summed E-state index contributed by atoms with van der Waals surface area (Å²) in [7, 11) is 0. The number of unbranched alkanes of at least 4 members (excludes halogenated alkanes) is 15. The van der Waals surface area contributed by atoms with Crippen LogP contribution >= 0.6 is 0 Å². The molecule has 0 radical (unpaired) electrons. The smallest absolute Gasteiger partial charge is 0.0455 e. The van der Waals surface area contributed by atoms with Crippen LogP contribution in [0.25, 0.3) is 0 Å². The van der Waals surface area contributed by atoms with E-state index in [2.05, 4.69) is 17.6 Å². The highest BCUT2D eigenvalue weighted by Gasteiger charge is 1.94. The van der Waals surface area contributed by atoms with Crippen molar-refractivity contribution < 1.29 is 0 Å².